The van der Waals surface area contributed by atoms with Crippen LogP contribution in [-0.2, 0) is 9.47 Å². The average molecular weight is 283 g/mol. The van der Waals surface area contributed by atoms with Gasteiger partial charge in [-0.3, -0.25) is 0 Å². The van der Waals surface area contributed by atoms with E-state index in [9.17, 15) is 0 Å². The fourth-order valence-electron chi connectivity index (χ4n) is 3.52. The van der Waals surface area contributed by atoms with Crippen LogP contribution in [0.2, 0.25) is 0 Å². The molecule has 1 aliphatic carbocycles. The van der Waals surface area contributed by atoms with Gasteiger partial charge >= 0.3 is 0 Å². The highest BCUT2D eigenvalue weighted by atomic mass is 16.5. The van der Waals surface area contributed by atoms with Crippen LogP contribution in [0.25, 0.3) is 0 Å². The lowest BCUT2D eigenvalue weighted by molar-refractivity contribution is -0.0516. The molecule has 3 unspecified atom stereocenters. The zero-order valence-corrected chi connectivity index (χ0v) is 13.6. The van der Waals surface area contributed by atoms with Gasteiger partial charge in [0.1, 0.15) is 0 Å². The van der Waals surface area contributed by atoms with Crippen LogP contribution < -0.4 is 5.73 Å². The summed E-state index contributed by atoms with van der Waals surface area (Å²) >= 11 is 0. The molecule has 3 nitrogen and oxygen atoms in total. The second kappa shape index (κ2) is 7.24. The van der Waals surface area contributed by atoms with Crippen LogP contribution in [-0.4, -0.2) is 32.0 Å². The molecule has 1 aliphatic heterocycles. The molecule has 1 saturated heterocycles. The molecule has 1 saturated carbocycles. The molecule has 0 spiro atoms. The molecule has 2 aliphatic rings. The summed E-state index contributed by atoms with van der Waals surface area (Å²) in [6, 6.07) is 0.235. The summed E-state index contributed by atoms with van der Waals surface area (Å²) in [6.07, 6.45) is 7.32. The maximum atomic E-state index is 6.29. The molecule has 1 heterocycles. The van der Waals surface area contributed by atoms with Gasteiger partial charge in [-0.05, 0) is 49.4 Å². The Morgan fingerprint density at radius 2 is 1.85 bits per heavy atom. The summed E-state index contributed by atoms with van der Waals surface area (Å²) < 4.78 is 11.6. The highest BCUT2D eigenvalue weighted by Crippen LogP contribution is 2.41. The fraction of sp³-hybridized carbons (Fsp3) is 1.00. The SMILES string of the molecule is CCC(C)(C)C1CCC(N)C(OCC2CCOCC2)C1. The lowest BCUT2D eigenvalue weighted by Gasteiger charge is -2.42. The molecule has 0 aromatic heterocycles. The molecular formula is C17H33NO2. The number of hydrogen-bond acceptors (Lipinski definition) is 3. The predicted molar refractivity (Wildman–Crippen MR) is 82.7 cm³/mol. The molecule has 0 radical (unpaired) electrons. The van der Waals surface area contributed by atoms with Crippen molar-refractivity contribution in [2.45, 2.75) is 71.4 Å². The van der Waals surface area contributed by atoms with Gasteiger partial charge in [-0.15, -0.1) is 0 Å². The van der Waals surface area contributed by atoms with Crippen LogP contribution in [0.5, 0.6) is 0 Å². The van der Waals surface area contributed by atoms with E-state index >= 15 is 0 Å². The Bertz CT molecular complexity index is 287. The summed E-state index contributed by atoms with van der Waals surface area (Å²) in [5.41, 5.74) is 6.71. The van der Waals surface area contributed by atoms with E-state index < -0.39 is 0 Å². The molecule has 0 bridgehead atoms. The number of rotatable bonds is 5. The van der Waals surface area contributed by atoms with Gasteiger partial charge in [-0.2, -0.15) is 0 Å². The van der Waals surface area contributed by atoms with Crippen LogP contribution in [0.4, 0.5) is 0 Å². The monoisotopic (exact) mass is 283 g/mol. The molecule has 20 heavy (non-hydrogen) atoms. The first-order chi connectivity index (χ1) is 9.53. The third kappa shape index (κ3) is 4.19. The largest absolute Gasteiger partial charge is 0.381 e. The van der Waals surface area contributed by atoms with E-state index in [1.807, 2.05) is 0 Å². The highest BCUT2D eigenvalue weighted by molar-refractivity contribution is 4.89. The van der Waals surface area contributed by atoms with E-state index in [0.29, 0.717) is 11.3 Å². The van der Waals surface area contributed by atoms with Crippen molar-refractivity contribution in [2.24, 2.45) is 23.0 Å². The average Bonchev–Trinajstić information content (AvgIpc) is 2.47. The van der Waals surface area contributed by atoms with Crippen molar-refractivity contribution in [1.82, 2.24) is 0 Å². The smallest absolute Gasteiger partial charge is 0.0728 e. The Morgan fingerprint density at radius 3 is 2.50 bits per heavy atom. The van der Waals surface area contributed by atoms with Crippen LogP contribution in [0, 0.1) is 17.3 Å². The first-order valence-corrected chi connectivity index (χ1v) is 8.48. The zero-order valence-electron chi connectivity index (χ0n) is 13.6. The van der Waals surface area contributed by atoms with Crippen molar-refractivity contribution in [3.63, 3.8) is 0 Å². The maximum Gasteiger partial charge on any atom is 0.0728 e. The van der Waals surface area contributed by atoms with Crippen molar-refractivity contribution < 1.29 is 9.47 Å². The summed E-state index contributed by atoms with van der Waals surface area (Å²) in [6.45, 7) is 9.76. The zero-order chi connectivity index (χ0) is 14.6. The van der Waals surface area contributed by atoms with Crippen LogP contribution in [0.3, 0.4) is 0 Å². The first-order valence-electron chi connectivity index (χ1n) is 8.48. The van der Waals surface area contributed by atoms with Crippen molar-refractivity contribution in [3.05, 3.63) is 0 Å². The fourth-order valence-corrected chi connectivity index (χ4v) is 3.52. The Hall–Kier alpha value is -0.120. The Kier molecular flexibility index (Phi) is 5.88. The maximum absolute atomic E-state index is 6.29. The van der Waals surface area contributed by atoms with Gasteiger partial charge in [0.2, 0.25) is 0 Å². The molecule has 2 rings (SSSR count). The van der Waals surface area contributed by atoms with Gasteiger partial charge in [-0.1, -0.05) is 27.2 Å². The quantitative estimate of drug-likeness (QED) is 0.841. The Balaban J connectivity index is 1.82. The molecular weight excluding hydrogens is 250 g/mol. The summed E-state index contributed by atoms with van der Waals surface area (Å²) in [7, 11) is 0. The molecule has 118 valence electrons. The Morgan fingerprint density at radius 1 is 1.15 bits per heavy atom. The van der Waals surface area contributed by atoms with Gasteiger partial charge in [0.15, 0.2) is 0 Å². The van der Waals surface area contributed by atoms with E-state index in [4.69, 9.17) is 15.2 Å². The van der Waals surface area contributed by atoms with Gasteiger partial charge in [0.05, 0.1) is 12.7 Å². The van der Waals surface area contributed by atoms with Crippen LogP contribution in [0.15, 0.2) is 0 Å². The van der Waals surface area contributed by atoms with Gasteiger partial charge in [-0.25, -0.2) is 0 Å². The molecule has 0 amide bonds. The topological polar surface area (TPSA) is 44.5 Å². The van der Waals surface area contributed by atoms with Crippen LogP contribution >= 0.6 is 0 Å². The van der Waals surface area contributed by atoms with Crippen molar-refractivity contribution in [2.75, 3.05) is 19.8 Å². The Labute approximate surface area is 124 Å². The predicted octanol–water partition coefficient (Wildman–Crippen LogP) is 3.36. The molecule has 2 fully saturated rings. The minimum absolute atomic E-state index is 0.235. The molecule has 3 atom stereocenters. The summed E-state index contributed by atoms with van der Waals surface area (Å²) in [5, 5.41) is 0. The van der Waals surface area contributed by atoms with E-state index in [1.54, 1.807) is 0 Å². The van der Waals surface area contributed by atoms with E-state index in [-0.39, 0.29) is 12.1 Å². The number of nitrogens with two attached hydrogens (primary N) is 1. The lowest BCUT2D eigenvalue weighted by atomic mass is 9.68. The van der Waals surface area contributed by atoms with Crippen molar-refractivity contribution >= 4 is 0 Å². The number of ether oxygens (including phenoxy) is 2. The minimum atomic E-state index is 0.235. The summed E-state index contributed by atoms with van der Waals surface area (Å²) in [5.74, 6) is 1.43. The number of hydrogen-bond donors (Lipinski definition) is 1. The van der Waals surface area contributed by atoms with Crippen molar-refractivity contribution in [3.8, 4) is 0 Å². The third-order valence-corrected chi connectivity index (χ3v) is 5.75. The van der Waals surface area contributed by atoms with E-state index in [2.05, 4.69) is 20.8 Å². The molecule has 2 N–H and O–H groups in total. The third-order valence-electron chi connectivity index (χ3n) is 5.75. The molecule has 0 aromatic carbocycles. The summed E-state index contributed by atoms with van der Waals surface area (Å²) in [4.78, 5) is 0. The molecule has 0 aromatic rings. The van der Waals surface area contributed by atoms with Crippen molar-refractivity contribution in [1.29, 1.82) is 0 Å². The second-order valence-corrected chi connectivity index (χ2v) is 7.44. The second-order valence-electron chi connectivity index (χ2n) is 7.44. The minimum Gasteiger partial charge on any atom is -0.381 e. The highest BCUT2D eigenvalue weighted by Gasteiger charge is 2.36. The van der Waals surface area contributed by atoms with Crippen LogP contribution in [0.1, 0.15) is 59.3 Å². The van der Waals surface area contributed by atoms with E-state index in [0.717, 1.165) is 51.4 Å². The lowest BCUT2D eigenvalue weighted by Crippen LogP contribution is -2.45. The standard InChI is InChI=1S/C17H33NO2/c1-4-17(2,3)14-5-6-15(18)16(11-14)20-12-13-7-9-19-10-8-13/h13-16H,4-12,18H2,1-3H3. The first kappa shape index (κ1) is 16.3. The van der Waals surface area contributed by atoms with Gasteiger partial charge in [0.25, 0.3) is 0 Å². The van der Waals surface area contributed by atoms with Gasteiger partial charge < -0.3 is 15.2 Å². The van der Waals surface area contributed by atoms with Gasteiger partial charge in [0, 0.05) is 19.3 Å². The molecule has 3 heteroatoms. The normalized spacial score (nSPS) is 33.3. The van der Waals surface area contributed by atoms with E-state index in [1.165, 1.54) is 12.8 Å².